The summed E-state index contributed by atoms with van der Waals surface area (Å²) in [5.74, 6) is 0. The molecule has 5 nitrogen and oxygen atoms in total. The summed E-state index contributed by atoms with van der Waals surface area (Å²) >= 11 is 0. The first-order valence-corrected chi connectivity index (χ1v) is 6.94. The van der Waals surface area contributed by atoms with Crippen molar-refractivity contribution in [2.75, 3.05) is 0 Å². The molecular weight excluding hydrogens is 250 g/mol. The summed E-state index contributed by atoms with van der Waals surface area (Å²) in [6, 6.07) is 9.14. The van der Waals surface area contributed by atoms with Crippen LogP contribution in [0, 0.1) is 6.92 Å². The van der Waals surface area contributed by atoms with Crippen LogP contribution in [0.15, 0.2) is 36.5 Å². The summed E-state index contributed by atoms with van der Waals surface area (Å²) < 4.78 is 24.1. The van der Waals surface area contributed by atoms with E-state index in [0.29, 0.717) is 12.2 Å². The van der Waals surface area contributed by atoms with Crippen LogP contribution in [-0.4, -0.2) is 12.4 Å². The van der Waals surface area contributed by atoms with E-state index in [0.717, 1.165) is 20.7 Å². The first-order chi connectivity index (χ1) is 8.43. The van der Waals surface area contributed by atoms with Crippen molar-refractivity contribution in [1.29, 1.82) is 0 Å². The number of aryl methyl sites for hydroxylation is 1. The second-order valence-corrected chi connectivity index (χ2v) is 5.51. The lowest BCUT2D eigenvalue weighted by Gasteiger charge is -2.09. The molecule has 0 saturated carbocycles. The fourth-order valence-electron chi connectivity index (χ4n) is 1.87. The van der Waals surface area contributed by atoms with E-state index in [1.54, 1.807) is 6.07 Å². The van der Waals surface area contributed by atoms with Crippen molar-refractivity contribution in [1.82, 2.24) is 3.97 Å². The van der Waals surface area contributed by atoms with Gasteiger partial charge in [0.2, 0.25) is 0 Å². The molecule has 0 amide bonds. The Morgan fingerprint density at radius 3 is 2.28 bits per heavy atom. The Balaban J connectivity index is 2.59. The van der Waals surface area contributed by atoms with Gasteiger partial charge in [0.25, 0.3) is 0 Å². The van der Waals surface area contributed by atoms with E-state index < -0.39 is 10.2 Å². The van der Waals surface area contributed by atoms with Gasteiger partial charge in [0.05, 0.1) is 5.69 Å². The summed E-state index contributed by atoms with van der Waals surface area (Å²) in [7, 11) is -3.78. The third-order valence-corrected chi connectivity index (χ3v) is 3.64. The Bertz CT molecular complexity index is 657. The highest BCUT2D eigenvalue weighted by Gasteiger charge is 2.15. The molecule has 0 spiro atoms. The summed E-state index contributed by atoms with van der Waals surface area (Å²) in [6.07, 6.45) is 1.46. The summed E-state index contributed by atoms with van der Waals surface area (Å²) in [6.45, 7) is 2.29. The quantitative estimate of drug-likeness (QED) is 0.866. The number of aromatic nitrogens is 1. The molecule has 1 heterocycles. The molecule has 0 unspecified atom stereocenters. The van der Waals surface area contributed by atoms with Crippen LogP contribution >= 0.6 is 0 Å². The van der Waals surface area contributed by atoms with E-state index in [4.69, 9.17) is 10.9 Å². The third kappa shape index (κ3) is 2.31. The lowest BCUT2D eigenvalue weighted by molar-refractivity contribution is 0.590. The molecule has 18 heavy (non-hydrogen) atoms. The molecule has 0 fully saturated rings. The molecule has 2 aromatic rings. The maximum Gasteiger partial charge on any atom is 0.302 e. The van der Waals surface area contributed by atoms with Gasteiger partial charge in [-0.3, -0.25) is 0 Å². The van der Waals surface area contributed by atoms with Crippen molar-refractivity contribution in [3.05, 3.63) is 47.7 Å². The number of rotatable bonds is 3. The first kappa shape index (κ1) is 12.8. The van der Waals surface area contributed by atoms with E-state index in [2.05, 4.69) is 0 Å². The summed E-state index contributed by atoms with van der Waals surface area (Å²) in [4.78, 5) is 0. The van der Waals surface area contributed by atoms with E-state index in [9.17, 15) is 8.42 Å². The average Bonchev–Trinajstić information content (AvgIpc) is 2.71. The van der Waals surface area contributed by atoms with Crippen molar-refractivity contribution < 1.29 is 8.42 Å². The molecule has 0 saturated heterocycles. The fraction of sp³-hybridized carbons (Fsp3) is 0.167. The van der Waals surface area contributed by atoms with Crippen molar-refractivity contribution in [2.24, 2.45) is 10.9 Å². The van der Waals surface area contributed by atoms with E-state index in [1.165, 1.54) is 6.20 Å². The number of benzene rings is 1. The van der Waals surface area contributed by atoms with Gasteiger partial charge < -0.3 is 5.73 Å². The molecular formula is C12H15N3O2S. The average molecular weight is 265 g/mol. The molecule has 0 atom stereocenters. The summed E-state index contributed by atoms with van der Waals surface area (Å²) in [5.41, 5.74) is 8.75. The Hall–Kier alpha value is -1.63. The highest BCUT2D eigenvalue weighted by Crippen LogP contribution is 2.25. The first-order valence-electron chi connectivity index (χ1n) is 5.44. The lowest BCUT2D eigenvalue weighted by atomic mass is 10.1. The molecule has 0 aliphatic heterocycles. The van der Waals surface area contributed by atoms with Gasteiger partial charge in [-0.1, -0.05) is 24.3 Å². The van der Waals surface area contributed by atoms with Crippen molar-refractivity contribution in [3.63, 3.8) is 0 Å². The molecule has 96 valence electrons. The molecule has 2 rings (SSSR count). The van der Waals surface area contributed by atoms with Gasteiger partial charge in [-0.15, -0.1) is 0 Å². The zero-order chi connectivity index (χ0) is 13.3. The molecule has 1 aromatic heterocycles. The molecule has 0 bridgehead atoms. The van der Waals surface area contributed by atoms with Gasteiger partial charge in [-0.2, -0.15) is 8.42 Å². The SMILES string of the molecule is Cc1ccn(S(N)(=O)=O)c1-c1ccc(CN)cc1. The lowest BCUT2D eigenvalue weighted by Crippen LogP contribution is -2.21. The standard InChI is InChI=1S/C12H15N3O2S/c1-9-6-7-15(18(14,16)17)12(9)11-4-2-10(8-13)3-5-11/h2-7H,8,13H2,1H3,(H2,14,16,17). The Kier molecular flexibility index (Phi) is 3.25. The normalized spacial score (nSPS) is 11.7. The van der Waals surface area contributed by atoms with E-state index in [-0.39, 0.29) is 0 Å². The number of nitrogens with zero attached hydrogens (tertiary/aromatic N) is 1. The largest absolute Gasteiger partial charge is 0.326 e. The summed E-state index contributed by atoms with van der Waals surface area (Å²) in [5, 5.41) is 5.18. The van der Waals surface area contributed by atoms with E-state index in [1.807, 2.05) is 31.2 Å². The van der Waals surface area contributed by atoms with Crippen molar-refractivity contribution in [3.8, 4) is 11.3 Å². The Morgan fingerprint density at radius 1 is 1.17 bits per heavy atom. The monoisotopic (exact) mass is 265 g/mol. The Labute approximate surface area is 106 Å². The van der Waals surface area contributed by atoms with Crippen LogP contribution in [-0.2, 0) is 16.8 Å². The predicted octanol–water partition coefficient (Wildman–Crippen LogP) is 0.974. The second kappa shape index (κ2) is 4.56. The third-order valence-electron chi connectivity index (χ3n) is 2.79. The predicted molar refractivity (Wildman–Crippen MR) is 71.0 cm³/mol. The number of nitrogens with two attached hydrogens (primary N) is 2. The zero-order valence-electron chi connectivity index (χ0n) is 10.00. The molecule has 0 aliphatic rings. The van der Waals surface area contributed by atoms with Gasteiger partial charge in [0, 0.05) is 12.7 Å². The smallest absolute Gasteiger partial charge is 0.302 e. The molecule has 0 aliphatic carbocycles. The van der Waals surface area contributed by atoms with Crippen molar-refractivity contribution in [2.45, 2.75) is 13.5 Å². The van der Waals surface area contributed by atoms with Crippen LogP contribution in [0.5, 0.6) is 0 Å². The van der Waals surface area contributed by atoms with Crippen LogP contribution in [0.2, 0.25) is 0 Å². The maximum atomic E-state index is 11.5. The molecule has 6 heteroatoms. The fourth-order valence-corrected chi connectivity index (χ4v) is 2.61. The van der Waals surface area contributed by atoms with Gasteiger partial charge in [0.15, 0.2) is 0 Å². The van der Waals surface area contributed by atoms with Gasteiger partial charge >= 0.3 is 10.2 Å². The minimum Gasteiger partial charge on any atom is -0.326 e. The molecule has 0 radical (unpaired) electrons. The van der Waals surface area contributed by atoms with Crippen LogP contribution in [0.4, 0.5) is 0 Å². The van der Waals surface area contributed by atoms with Gasteiger partial charge in [0.1, 0.15) is 0 Å². The van der Waals surface area contributed by atoms with Crippen LogP contribution in [0.25, 0.3) is 11.3 Å². The zero-order valence-corrected chi connectivity index (χ0v) is 10.8. The van der Waals surface area contributed by atoms with E-state index >= 15 is 0 Å². The second-order valence-electron chi connectivity index (χ2n) is 4.09. The molecule has 4 N–H and O–H groups in total. The van der Waals surface area contributed by atoms with Gasteiger partial charge in [-0.05, 0) is 29.7 Å². The maximum absolute atomic E-state index is 11.5. The number of hydrogen-bond donors (Lipinski definition) is 2. The van der Waals surface area contributed by atoms with Crippen LogP contribution < -0.4 is 10.9 Å². The van der Waals surface area contributed by atoms with Crippen LogP contribution in [0.3, 0.4) is 0 Å². The highest BCUT2D eigenvalue weighted by molar-refractivity contribution is 7.87. The minimum absolute atomic E-state index is 0.454. The van der Waals surface area contributed by atoms with Crippen LogP contribution in [0.1, 0.15) is 11.1 Å². The topological polar surface area (TPSA) is 91.1 Å². The Morgan fingerprint density at radius 2 is 1.78 bits per heavy atom. The van der Waals surface area contributed by atoms with Gasteiger partial charge in [-0.25, -0.2) is 9.11 Å². The van der Waals surface area contributed by atoms with Crippen molar-refractivity contribution >= 4 is 10.2 Å². The minimum atomic E-state index is -3.78. The number of hydrogen-bond acceptors (Lipinski definition) is 3. The molecule has 1 aromatic carbocycles. The highest BCUT2D eigenvalue weighted by atomic mass is 32.2.